The Morgan fingerprint density at radius 2 is 1.71 bits per heavy atom. The summed E-state index contributed by atoms with van der Waals surface area (Å²) in [6.07, 6.45) is -0.157. The number of hydrogen-bond donors (Lipinski definition) is 1. The molecule has 0 spiro atoms. The molecule has 0 radical (unpaired) electrons. The highest BCUT2D eigenvalue weighted by molar-refractivity contribution is 7.91. The van der Waals surface area contributed by atoms with Gasteiger partial charge in [0.2, 0.25) is 0 Å². The van der Waals surface area contributed by atoms with E-state index >= 15 is 0 Å². The molecule has 170 valence electrons. The van der Waals surface area contributed by atoms with Crippen molar-refractivity contribution in [3.8, 4) is 11.5 Å². The maximum Gasteiger partial charge on any atom is 0.151 e. The van der Waals surface area contributed by atoms with Crippen molar-refractivity contribution < 1.29 is 23.0 Å². The molecule has 2 aromatic carbocycles. The van der Waals surface area contributed by atoms with Crippen LogP contribution >= 0.6 is 0 Å². The first kappa shape index (κ1) is 23.4. The Morgan fingerprint density at radius 1 is 1.06 bits per heavy atom. The fourth-order valence-corrected chi connectivity index (χ4v) is 5.49. The number of sulfone groups is 1. The molecule has 0 aliphatic carbocycles. The quantitative estimate of drug-likeness (QED) is 0.597. The van der Waals surface area contributed by atoms with Crippen molar-refractivity contribution in [3.05, 3.63) is 54.1 Å². The molecule has 0 aromatic heterocycles. The maximum atomic E-state index is 12.0. The molecule has 1 fully saturated rings. The van der Waals surface area contributed by atoms with E-state index in [1.54, 1.807) is 31.4 Å². The van der Waals surface area contributed by atoms with Crippen molar-refractivity contribution in [1.29, 1.82) is 0 Å². The van der Waals surface area contributed by atoms with E-state index in [0.29, 0.717) is 25.3 Å². The third kappa shape index (κ3) is 6.85. The average molecular weight is 449 g/mol. The topological polar surface area (TPSA) is 79.3 Å². The fraction of sp³-hybridized carbons (Fsp3) is 0.478. The molecule has 31 heavy (non-hydrogen) atoms. The molecule has 8 heteroatoms. The number of hydrogen-bond acceptors (Lipinski definition) is 7. The molecule has 0 saturated carbocycles. The van der Waals surface area contributed by atoms with Crippen molar-refractivity contribution in [2.45, 2.75) is 25.1 Å². The van der Waals surface area contributed by atoms with Crippen LogP contribution in [0.4, 0.5) is 5.69 Å². The van der Waals surface area contributed by atoms with E-state index in [1.807, 2.05) is 43.3 Å². The molecule has 2 unspecified atom stereocenters. The fourth-order valence-electron chi connectivity index (χ4n) is 3.73. The van der Waals surface area contributed by atoms with Gasteiger partial charge in [0.1, 0.15) is 24.2 Å². The van der Waals surface area contributed by atoms with Crippen LogP contribution in [0, 0.1) is 0 Å². The Morgan fingerprint density at radius 3 is 2.26 bits per heavy atom. The van der Waals surface area contributed by atoms with Crippen LogP contribution in [0.5, 0.6) is 11.5 Å². The molecule has 2 atom stereocenters. The standard InChI is InChI=1S/C23H32N2O5S/c1-24(2)19-6-4-18(5-7-19)14-25(20-12-13-31(27,28)17-20)15-21(26)16-30-23-10-8-22(29-3)9-11-23/h4-11,20-21,26H,12-17H2,1-3H3. The Hall–Kier alpha value is -2.29. The summed E-state index contributed by atoms with van der Waals surface area (Å²) in [4.78, 5) is 4.10. The Kier molecular flexibility index (Phi) is 7.80. The van der Waals surface area contributed by atoms with Crippen LogP contribution in [-0.2, 0) is 16.4 Å². The first-order valence-corrected chi connectivity index (χ1v) is 12.2. The number of methoxy groups -OCH3 is 1. The molecule has 1 aliphatic rings. The Bertz CT molecular complexity index is 929. The van der Waals surface area contributed by atoms with Crippen LogP contribution in [0.25, 0.3) is 0 Å². The van der Waals surface area contributed by atoms with E-state index in [1.165, 1.54) is 0 Å². The number of benzene rings is 2. The van der Waals surface area contributed by atoms with Gasteiger partial charge in [-0.1, -0.05) is 12.1 Å². The van der Waals surface area contributed by atoms with Crippen molar-refractivity contribution in [2.24, 2.45) is 0 Å². The molecule has 1 aliphatic heterocycles. The minimum atomic E-state index is -3.02. The number of nitrogens with zero attached hydrogens (tertiary/aromatic N) is 2. The summed E-state index contributed by atoms with van der Waals surface area (Å²) < 4.78 is 34.9. The number of ether oxygens (including phenoxy) is 2. The van der Waals surface area contributed by atoms with E-state index in [0.717, 1.165) is 17.0 Å². The summed E-state index contributed by atoms with van der Waals surface area (Å²) in [6, 6.07) is 15.3. The van der Waals surface area contributed by atoms with Crippen LogP contribution in [0.1, 0.15) is 12.0 Å². The van der Waals surface area contributed by atoms with Gasteiger partial charge in [-0.3, -0.25) is 4.90 Å². The third-order valence-corrected chi connectivity index (χ3v) is 7.26. The SMILES string of the molecule is COc1ccc(OCC(O)CN(Cc2ccc(N(C)C)cc2)C2CCS(=O)(=O)C2)cc1. The number of aliphatic hydroxyl groups excluding tert-OH is 1. The maximum absolute atomic E-state index is 12.0. The first-order chi connectivity index (χ1) is 14.8. The summed E-state index contributed by atoms with van der Waals surface area (Å²) in [5.41, 5.74) is 2.19. The zero-order valence-corrected chi connectivity index (χ0v) is 19.2. The van der Waals surface area contributed by atoms with Crippen molar-refractivity contribution in [1.82, 2.24) is 4.90 Å². The first-order valence-electron chi connectivity index (χ1n) is 10.4. The van der Waals surface area contributed by atoms with Crippen LogP contribution in [-0.4, -0.2) is 76.4 Å². The van der Waals surface area contributed by atoms with Gasteiger partial charge in [0.15, 0.2) is 9.84 Å². The largest absolute Gasteiger partial charge is 0.497 e. The van der Waals surface area contributed by atoms with E-state index in [4.69, 9.17) is 9.47 Å². The molecule has 7 nitrogen and oxygen atoms in total. The minimum absolute atomic E-state index is 0.103. The van der Waals surface area contributed by atoms with Gasteiger partial charge in [0.25, 0.3) is 0 Å². The monoisotopic (exact) mass is 448 g/mol. The second kappa shape index (κ2) is 10.3. The van der Waals surface area contributed by atoms with Gasteiger partial charge in [-0.2, -0.15) is 0 Å². The highest BCUT2D eigenvalue weighted by atomic mass is 32.2. The summed E-state index contributed by atoms with van der Waals surface area (Å²) >= 11 is 0. The van der Waals surface area contributed by atoms with Crippen LogP contribution < -0.4 is 14.4 Å². The van der Waals surface area contributed by atoms with Gasteiger partial charge in [0.05, 0.1) is 18.6 Å². The summed E-state index contributed by atoms with van der Waals surface area (Å²) in [7, 11) is 2.56. The van der Waals surface area contributed by atoms with Crippen LogP contribution in [0.15, 0.2) is 48.5 Å². The molecule has 1 saturated heterocycles. The lowest BCUT2D eigenvalue weighted by atomic mass is 10.1. The second-order valence-corrected chi connectivity index (χ2v) is 10.4. The molecular weight excluding hydrogens is 416 g/mol. The molecule has 2 aromatic rings. The molecule has 1 N–H and O–H groups in total. The smallest absolute Gasteiger partial charge is 0.151 e. The number of anilines is 1. The highest BCUT2D eigenvalue weighted by Gasteiger charge is 2.33. The van der Waals surface area contributed by atoms with Crippen LogP contribution in [0.3, 0.4) is 0 Å². The normalized spacial score (nSPS) is 18.7. The van der Waals surface area contributed by atoms with Gasteiger partial charge in [-0.05, 0) is 48.4 Å². The van der Waals surface area contributed by atoms with E-state index in [2.05, 4.69) is 4.90 Å². The third-order valence-electron chi connectivity index (χ3n) is 5.51. The van der Waals surface area contributed by atoms with Gasteiger partial charge in [0, 0.05) is 38.9 Å². The van der Waals surface area contributed by atoms with Crippen molar-refractivity contribution >= 4 is 15.5 Å². The van der Waals surface area contributed by atoms with E-state index in [-0.39, 0.29) is 24.2 Å². The summed E-state index contributed by atoms with van der Waals surface area (Å²) in [6.45, 7) is 1.04. The molecule has 0 bridgehead atoms. The van der Waals surface area contributed by atoms with Gasteiger partial charge in [-0.25, -0.2) is 8.42 Å². The zero-order chi connectivity index (χ0) is 22.4. The number of aliphatic hydroxyl groups is 1. The van der Waals surface area contributed by atoms with Crippen LogP contribution in [0.2, 0.25) is 0 Å². The lowest BCUT2D eigenvalue weighted by Gasteiger charge is -2.30. The Labute approximate surface area is 185 Å². The van der Waals surface area contributed by atoms with Crippen molar-refractivity contribution in [3.63, 3.8) is 0 Å². The predicted molar refractivity (Wildman–Crippen MR) is 123 cm³/mol. The predicted octanol–water partition coefficient (Wildman–Crippen LogP) is 2.19. The molecule has 3 rings (SSSR count). The lowest BCUT2D eigenvalue weighted by molar-refractivity contribution is 0.0524. The number of rotatable bonds is 10. The summed E-state index contributed by atoms with van der Waals surface area (Å²) in [5.74, 6) is 1.72. The zero-order valence-electron chi connectivity index (χ0n) is 18.4. The van der Waals surface area contributed by atoms with Crippen molar-refractivity contribution in [2.75, 3.05) is 50.8 Å². The van der Waals surface area contributed by atoms with Gasteiger partial charge >= 0.3 is 0 Å². The molecular formula is C23H32N2O5S. The minimum Gasteiger partial charge on any atom is -0.497 e. The second-order valence-electron chi connectivity index (χ2n) is 8.19. The van der Waals surface area contributed by atoms with Gasteiger partial charge < -0.3 is 19.5 Å². The Balaban J connectivity index is 1.64. The van der Waals surface area contributed by atoms with Gasteiger partial charge in [-0.15, -0.1) is 0 Å². The summed E-state index contributed by atoms with van der Waals surface area (Å²) in [5, 5.41) is 10.6. The molecule has 0 amide bonds. The lowest BCUT2D eigenvalue weighted by Crippen LogP contribution is -2.42. The van der Waals surface area contributed by atoms with E-state index in [9.17, 15) is 13.5 Å². The molecule has 1 heterocycles. The average Bonchev–Trinajstić information content (AvgIpc) is 3.12. The van der Waals surface area contributed by atoms with E-state index < -0.39 is 15.9 Å². The highest BCUT2D eigenvalue weighted by Crippen LogP contribution is 2.22.